The summed E-state index contributed by atoms with van der Waals surface area (Å²) in [6.45, 7) is 0. The predicted molar refractivity (Wildman–Crippen MR) is 86.0 cm³/mol. The molecule has 0 spiro atoms. The second-order valence-corrected chi connectivity index (χ2v) is 6.16. The molecule has 1 N–H and O–H groups in total. The van der Waals surface area contributed by atoms with Gasteiger partial charge in [-0.3, -0.25) is 9.20 Å². The number of nitrogens with one attached hydrogen (secondary N) is 1. The Morgan fingerprint density at radius 3 is 3.05 bits per heavy atom. The van der Waals surface area contributed by atoms with Crippen LogP contribution in [0.2, 0.25) is 10.2 Å². The molecular weight excluding hydrogens is 329 g/mol. The van der Waals surface area contributed by atoms with Crippen LogP contribution in [-0.2, 0) is 4.79 Å². The minimum Gasteiger partial charge on any atom is -0.321 e. The van der Waals surface area contributed by atoms with Crippen LogP contribution in [0.3, 0.4) is 0 Å². The Bertz CT molecular complexity index is 926. The molecule has 1 aliphatic rings. The van der Waals surface area contributed by atoms with Crippen molar-refractivity contribution in [3.05, 3.63) is 51.2 Å². The van der Waals surface area contributed by atoms with Crippen molar-refractivity contribution < 1.29 is 4.79 Å². The fraction of sp³-hybridized carbons (Fsp3) is 0. The molecule has 7 heteroatoms. The number of aromatic nitrogens is 2. The lowest BCUT2D eigenvalue weighted by molar-refractivity contribution is -0.110. The first-order chi connectivity index (χ1) is 10.1. The van der Waals surface area contributed by atoms with E-state index in [1.807, 2.05) is 22.0 Å². The fourth-order valence-electron chi connectivity index (χ4n) is 2.39. The van der Waals surface area contributed by atoms with E-state index in [9.17, 15) is 4.79 Å². The van der Waals surface area contributed by atoms with Crippen LogP contribution in [0.5, 0.6) is 0 Å². The van der Waals surface area contributed by atoms with E-state index in [1.54, 1.807) is 18.2 Å². The first-order valence-electron chi connectivity index (χ1n) is 6.08. The Balaban J connectivity index is 1.97. The molecule has 3 heterocycles. The average molecular weight is 336 g/mol. The highest BCUT2D eigenvalue weighted by atomic mass is 35.5. The Labute approximate surface area is 133 Å². The van der Waals surface area contributed by atoms with E-state index in [0.29, 0.717) is 32.7 Å². The van der Waals surface area contributed by atoms with Crippen LogP contribution >= 0.6 is 34.5 Å². The number of rotatable bonds is 1. The molecular formula is C14H7Cl2N3OS. The smallest absolute Gasteiger partial charge is 0.256 e. The van der Waals surface area contributed by atoms with Gasteiger partial charge in [0.15, 0.2) is 10.1 Å². The van der Waals surface area contributed by atoms with Crippen molar-refractivity contribution in [3.63, 3.8) is 0 Å². The molecule has 0 fully saturated rings. The normalized spacial score (nSPS) is 15.7. The molecule has 4 rings (SSSR count). The summed E-state index contributed by atoms with van der Waals surface area (Å²) < 4.78 is 1.85. The zero-order valence-electron chi connectivity index (χ0n) is 10.4. The summed E-state index contributed by atoms with van der Waals surface area (Å²) in [4.78, 5) is 17.2. The number of imidazole rings is 1. The molecule has 0 radical (unpaired) electrons. The van der Waals surface area contributed by atoms with E-state index in [2.05, 4.69) is 10.3 Å². The van der Waals surface area contributed by atoms with Gasteiger partial charge in [0.2, 0.25) is 0 Å². The van der Waals surface area contributed by atoms with Gasteiger partial charge in [-0.25, -0.2) is 4.98 Å². The molecule has 2 aromatic heterocycles. The number of hydrogen-bond donors (Lipinski definition) is 1. The molecule has 4 nitrogen and oxygen atoms in total. The van der Waals surface area contributed by atoms with Gasteiger partial charge in [-0.1, -0.05) is 29.3 Å². The van der Waals surface area contributed by atoms with Gasteiger partial charge in [-0.2, -0.15) is 0 Å². The predicted octanol–water partition coefficient (Wildman–Crippen LogP) is 4.20. The SMILES string of the molecule is O=C1Nc2cccc(Cl)c2/C1=C\c1c(Cl)nc2sccn12. The number of thiazole rings is 1. The van der Waals surface area contributed by atoms with E-state index in [0.717, 1.165) is 4.96 Å². The van der Waals surface area contributed by atoms with Crippen LogP contribution in [0.15, 0.2) is 29.8 Å². The highest BCUT2D eigenvalue weighted by Gasteiger charge is 2.27. The van der Waals surface area contributed by atoms with Crippen LogP contribution in [0.25, 0.3) is 16.6 Å². The first-order valence-corrected chi connectivity index (χ1v) is 7.71. The van der Waals surface area contributed by atoms with Crippen LogP contribution < -0.4 is 5.32 Å². The monoisotopic (exact) mass is 335 g/mol. The molecule has 0 aliphatic carbocycles. The maximum Gasteiger partial charge on any atom is 0.256 e. The summed E-state index contributed by atoms with van der Waals surface area (Å²) in [5, 5.41) is 5.60. The van der Waals surface area contributed by atoms with Gasteiger partial charge in [-0.05, 0) is 18.2 Å². The number of carbonyl (C=O) groups is 1. The summed E-state index contributed by atoms with van der Waals surface area (Å²) in [5.41, 5.74) is 2.57. The number of hydrogen-bond acceptors (Lipinski definition) is 3. The molecule has 1 aliphatic heterocycles. The van der Waals surface area contributed by atoms with Gasteiger partial charge < -0.3 is 5.32 Å². The van der Waals surface area contributed by atoms with E-state index in [4.69, 9.17) is 23.2 Å². The molecule has 0 saturated heterocycles. The lowest BCUT2D eigenvalue weighted by atomic mass is 10.1. The number of nitrogens with zero attached hydrogens (tertiary/aromatic N) is 2. The lowest BCUT2D eigenvalue weighted by Crippen LogP contribution is -2.03. The summed E-state index contributed by atoms with van der Waals surface area (Å²) in [6.07, 6.45) is 3.59. The quantitative estimate of drug-likeness (QED) is 0.677. The molecule has 1 aromatic carbocycles. The number of amides is 1. The van der Waals surface area contributed by atoms with Crippen molar-refractivity contribution in [3.8, 4) is 0 Å². The van der Waals surface area contributed by atoms with Crippen molar-refractivity contribution in [2.75, 3.05) is 5.32 Å². The molecule has 21 heavy (non-hydrogen) atoms. The van der Waals surface area contributed by atoms with Gasteiger partial charge in [0.05, 0.1) is 22.0 Å². The van der Waals surface area contributed by atoms with E-state index in [-0.39, 0.29) is 5.91 Å². The van der Waals surface area contributed by atoms with Crippen molar-refractivity contribution >= 4 is 62.7 Å². The number of fused-ring (bicyclic) bond motifs is 2. The summed E-state index contributed by atoms with van der Waals surface area (Å²) >= 11 is 13.9. The lowest BCUT2D eigenvalue weighted by Gasteiger charge is -2.01. The number of halogens is 2. The number of benzene rings is 1. The van der Waals surface area contributed by atoms with E-state index >= 15 is 0 Å². The van der Waals surface area contributed by atoms with Gasteiger partial charge in [-0.15, -0.1) is 11.3 Å². The molecule has 0 bridgehead atoms. The van der Waals surface area contributed by atoms with Gasteiger partial charge in [0.25, 0.3) is 5.91 Å². The maximum absolute atomic E-state index is 12.2. The van der Waals surface area contributed by atoms with Crippen molar-refractivity contribution in [1.82, 2.24) is 9.38 Å². The third-order valence-electron chi connectivity index (χ3n) is 3.31. The summed E-state index contributed by atoms with van der Waals surface area (Å²) in [6, 6.07) is 5.37. The van der Waals surface area contributed by atoms with Gasteiger partial charge in [0.1, 0.15) is 0 Å². The second-order valence-electron chi connectivity index (χ2n) is 4.52. The van der Waals surface area contributed by atoms with Crippen LogP contribution in [0.4, 0.5) is 5.69 Å². The van der Waals surface area contributed by atoms with Crippen molar-refractivity contribution in [2.24, 2.45) is 0 Å². The fourth-order valence-corrected chi connectivity index (χ4v) is 3.66. The zero-order valence-corrected chi connectivity index (χ0v) is 12.8. The number of anilines is 1. The van der Waals surface area contributed by atoms with Gasteiger partial charge >= 0.3 is 0 Å². The van der Waals surface area contributed by atoms with Crippen molar-refractivity contribution in [1.29, 1.82) is 0 Å². The molecule has 0 atom stereocenters. The zero-order chi connectivity index (χ0) is 14.6. The highest BCUT2D eigenvalue weighted by molar-refractivity contribution is 7.15. The first kappa shape index (κ1) is 12.9. The number of carbonyl (C=O) groups excluding carboxylic acids is 1. The minimum absolute atomic E-state index is 0.195. The summed E-state index contributed by atoms with van der Waals surface area (Å²) in [7, 11) is 0. The van der Waals surface area contributed by atoms with E-state index in [1.165, 1.54) is 11.3 Å². The average Bonchev–Trinajstić information content (AvgIpc) is 3.07. The van der Waals surface area contributed by atoms with Crippen molar-refractivity contribution in [2.45, 2.75) is 0 Å². The Kier molecular flexibility index (Phi) is 2.82. The highest BCUT2D eigenvalue weighted by Crippen LogP contribution is 2.38. The standard InChI is InChI=1S/C14H7Cl2N3OS/c15-8-2-1-3-9-11(8)7(13(20)17-9)6-10-12(16)18-14-19(10)4-5-21-14/h1-6H,(H,17,20)/b7-6+. The van der Waals surface area contributed by atoms with Gasteiger partial charge in [0, 0.05) is 17.1 Å². The Morgan fingerprint density at radius 2 is 2.19 bits per heavy atom. The molecule has 1 amide bonds. The molecule has 0 saturated carbocycles. The minimum atomic E-state index is -0.195. The second kappa shape index (κ2) is 4.59. The Morgan fingerprint density at radius 1 is 1.33 bits per heavy atom. The molecule has 3 aromatic rings. The Hall–Kier alpha value is -1.82. The van der Waals surface area contributed by atoms with Crippen LogP contribution in [-0.4, -0.2) is 15.3 Å². The third-order valence-corrected chi connectivity index (χ3v) is 4.66. The molecule has 104 valence electrons. The molecule has 0 unspecified atom stereocenters. The third kappa shape index (κ3) is 1.89. The largest absolute Gasteiger partial charge is 0.321 e. The van der Waals surface area contributed by atoms with Crippen LogP contribution in [0.1, 0.15) is 11.3 Å². The summed E-state index contributed by atoms with van der Waals surface area (Å²) in [5.74, 6) is -0.195. The van der Waals surface area contributed by atoms with Crippen LogP contribution in [0, 0.1) is 0 Å². The maximum atomic E-state index is 12.2. The topological polar surface area (TPSA) is 46.4 Å². The van der Waals surface area contributed by atoms with E-state index < -0.39 is 0 Å².